The van der Waals surface area contributed by atoms with Crippen molar-refractivity contribution in [3.05, 3.63) is 0 Å². The van der Waals surface area contributed by atoms with E-state index in [-0.39, 0.29) is 24.1 Å². The average Bonchev–Trinajstić information content (AvgIpc) is 2.82. The number of rotatable bonds is 24. The van der Waals surface area contributed by atoms with Gasteiger partial charge in [-0.1, -0.05) is 97.8 Å². The number of unbranched alkanes of at least 4 members (excludes halogenated alkanes) is 14. The van der Waals surface area contributed by atoms with Crippen LogP contribution in [0.4, 0.5) is 0 Å². The average molecular weight is 469 g/mol. The van der Waals surface area contributed by atoms with Crippen molar-refractivity contribution < 1.29 is 23.9 Å². The fourth-order valence-corrected chi connectivity index (χ4v) is 4.08. The second-order valence-electron chi connectivity index (χ2n) is 9.25. The Morgan fingerprint density at radius 1 is 0.576 bits per heavy atom. The molecular formula is C28H52O5. The van der Waals surface area contributed by atoms with Crippen LogP contribution in [0.1, 0.15) is 149 Å². The summed E-state index contributed by atoms with van der Waals surface area (Å²) in [4.78, 5) is 34.4. The Morgan fingerprint density at radius 3 is 1.30 bits per heavy atom. The summed E-state index contributed by atoms with van der Waals surface area (Å²) in [5.41, 5.74) is 0. The van der Waals surface area contributed by atoms with Gasteiger partial charge in [0.15, 0.2) is 0 Å². The number of carbonyl (C=O) groups excluding carboxylic acids is 3. The van der Waals surface area contributed by atoms with Crippen molar-refractivity contribution in [3.63, 3.8) is 0 Å². The molecule has 0 N–H and O–H groups in total. The zero-order valence-corrected chi connectivity index (χ0v) is 21.9. The topological polar surface area (TPSA) is 69.7 Å². The van der Waals surface area contributed by atoms with Gasteiger partial charge in [0.2, 0.25) is 0 Å². The summed E-state index contributed by atoms with van der Waals surface area (Å²) in [5.74, 6) is -0.424. The molecule has 0 radical (unpaired) electrons. The molecule has 0 bridgehead atoms. The highest BCUT2D eigenvalue weighted by Crippen LogP contribution is 2.21. The van der Waals surface area contributed by atoms with E-state index in [9.17, 15) is 14.4 Å². The summed E-state index contributed by atoms with van der Waals surface area (Å²) in [6, 6.07) is 0. The number of hydrogen-bond donors (Lipinski definition) is 0. The number of hydrogen-bond acceptors (Lipinski definition) is 5. The van der Waals surface area contributed by atoms with Crippen LogP contribution in [0.25, 0.3) is 0 Å². The first-order chi connectivity index (χ1) is 16.1. The van der Waals surface area contributed by atoms with Crippen molar-refractivity contribution in [2.45, 2.75) is 161 Å². The summed E-state index contributed by atoms with van der Waals surface area (Å²) >= 11 is 0. The van der Waals surface area contributed by atoms with Crippen LogP contribution in [0.5, 0.6) is 0 Å². The number of esters is 2. The maximum atomic E-state index is 12.0. The number of ether oxygens (including phenoxy) is 2. The SMILES string of the molecule is CCCCCCCCC(OC(=O)CC)C(CCCCCCCCCCCC=O)OC(=O)CC. The van der Waals surface area contributed by atoms with Crippen LogP contribution in [0, 0.1) is 0 Å². The van der Waals surface area contributed by atoms with Gasteiger partial charge in [-0.3, -0.25) is 9.59 Å². The van der Waals surface area contributed by atoms with Gasteiger partial charge in [-0.05, 0) is 32.1 Å². The second kappa shape index (κ2) is 23.8. The molecule has 2 atom stereocenters. The van der Waals surface area contributed by atoms with Gasteiger partial charge in [-0.25, -0.2) is 0 Å². The van der Waals surface area contributed by atoms with Crippen LogP contribution in [-0.4, -0.2) is 30.4 Å². The van der Waals surface area contributed by atoms with Crippen LogP contribution in [0.2, 0.25) is 0 Å². The molecule has 33 heavy (non-hydrogen) atoms. The Bertz CT molecular complexity index is 477. The molecule has 0 saturated carbocycles. The molecule has 2 unspecified atom stereocenters. The third kappa shape index (κ3) is 19.8. The Morgan fingerprint density at radius 2 is 0.939 bits per heavy atom. The smallest absolute Gasteiger partial charge is 0.305 e. The van der Waals surface area contributed by atoms with Gasteiger partial charge in [0.05, 0.1) is 0 Å². The Kier molecular flexibility index (Phi) is 22.8. The molecule has 5 heteroatoms. The molecule has 0 fully saturated rings. The maximum absolute atomic E-state index is 12.0. The lowest BCUT2D eigenvalue weighted by molar-refractivity contribution is -0.169. The highest BCUT2D eigenvalue weighted by Gasteiger charge is 2.27. The summed E-state index contributed by atoms with van der Waals surface area (Å²) in [7, 11) is 0. The molecule has 0 aromatic heterocycles. The normalized spacial score (nSPS) is 12.8. The predicted molar refractivity (Wildman–Crippen MR) is 135 cm³/mol. The van der Waals surface area contributed by atoms with Gasteiger partial charge in [-0.15, -0.1) is 0 Å². The van der Waals surface area contributed by atoms with Gasteiger partial charge >= 0.3 is 11.9 Å². The summed E-state index contributed by atoms with van der Waals surface area (Å²) in [5, 5.41) is 0. The molecule has 0 aliphatic carbocycles. The van der Waals surface area contributed by atoms with Gasteiger partial charge in [0, 0.05) is 19.3 Å². The quantitative estimate of drug-likeness (QED) is 0.0818. The zero-order chi connectivity index (χ0) is 24.6. The monoisotopic (exact) mass is 468 g/mol. The standard InChI is InChI=1S/C28H52O5/c1-4-7-8-9-16-19-22-25(32-27(30)5-2)26(33-28(31)6-3)23-20-17-14-12-10-11-13-15-18-21-24-29/h24-26H,4-23H2,1-3H3. The van der Waals surface area contributed by atoms with E-state index in [0.29, 0.717) is 19.3 Å². The van der Waals surface area contributed by atoms with Gasteiger partial charge in [0.25, 0.3) is 0 Å². The predicted octanol–water partition coefficient (Wildman–Crippen LogP) is 7.87. The molecule has 0 aromatic carbocycles. The van der Waals surface area contributed by atoms with E-state index in [1.54, 1.807) is 13.8 Å². The van der Waals surface area contributed by atoms with Crippen LogP contribution < -0.4 is 0 Å². The minimum Gasteiger partial charge on any atom is -0.458 e. The molecular weight excluding hydrogens is 416 g/mol. The fourth-order valence-electron chi connectivity index (χ4n) is 4.08. The lowest BCUT2D eigenvalue weighted by Gasteiger charge is -2.27. The minimum absolute atomic E-state index is 0.211. The molecule has 0 spiro atoms. The van der Waals surface area contributed by atoms with Crippen molar-refractivity contribution in [1.29, 1.82) is 0 Å². The highest BCUT2D eigenvalue weighted by molar-refractivity contribution is 5.70. The maximum Gasteiger partial charge on any atom is 0.305 e. The van der Waals surface area contributed by atoms with Crippen LogP contribution in [0.15, 0.2) is 0 Å². The summed E-state index contributed by atoms with van der Waals surface area (Å²) < 4.78 is 11.5. The van der Waals surface area contributed by atoms with Crippen LogP contribution in [-0.2, 0) is 23.9 Å². The first-order valence-electron chi connectivity index (χ1n) is 13.9. The fraction of sp³-hybridized carbons (Fsp3) is 0.893. The third-order valence-corrected chi connectivity index (χ3v) is 6.21. The van der Waals surface area contributed by atoms with E-state index in [0.717, 1.165) is 57.7 Å². The van der Waals surface area contributed by atoms with E-state index in [1.165, 1.54) is 57.8 Å². The number of carbonyl (C=O) groups is 3. The van der Waals surface area contributed by atoms with Gasteiger partial charge in [-0.2, -0.15) is 0 Å². The Hall–Kier alpha value is -1.39. The first kappa shape index (κ1) is 31.6. The van der Waals surface area contributed by atoms with E-state index in [2.05, 4.69) is 6.92 Å². The van der Waals surface area contributed by atoms with Crippen molar-refractivity contribution in [2.75, 3.05) is 0 Å². The molecule has 0 amide bonds. The van der Waals surface area contributed by atoms with Crippen molar-refractivity contribution in [2.24, 2.45) is 0 Å². The van der Waals surface area contributed by atoms with Crippen molar-refractivity contribution in [1.82, 2.24) is 0 Å². The molecule has 0 aliphatic rings. The Labute approximate surface area is 203 Å². The van der Waals surface area contributed by atoms with Crippen molar-refractivity contribution in [3.8, 4) is 0 Å². The van der Waals surface area contributed by atoms with E-state index >= 15 is 0 Å². The number of aldehydes is 1. The molecule has 5 nitrogen and oxygen atoms in total. The lowest BCUT2D eigenvalue weighted by Crippen LogP contribution is -2.35. The molecule has 0 rings (SSSR count). The van der Waals surface area contributed by atoms with Crippen LogP contribution >= 0.6 is 0 Å². The molecule has 0 aliphatic heterocycles. The van der Waals surface area contributed by atoms with Gasteiger partial charge < -0.3 is 14.3 Å². The highest BCUT2D eigenvalue weighted by atomic mass is 16.6. The molecule has 194 valence electrons. The Balaban J connectivity index is 4.44. The van der Waals surface area contributed by atoms with Crippen LogP contribution in [0.3, 0.4) is 0 Å². The largest absolute Gasteiger partial charge is 0.458 e. The van der Waals surface area contributed by atoms with E-state index in [4.69, 9.17) is 9.47 Å². The molecule has 0 saturated heterocycles. The van der Waals surface area contributed by atoms with E-state index < -0.39 is 0 Å². The summed E-state index contributed by atoms with van der Waals surface area (Å²) in [6.07, 6.45) is 20.7. The molecule has 0 aromatic rings. The third-order valence-electron chi connectivity index (χ3n) is 6.21. The second-order valence-corrected chi connectivity index (χ2v) is 9.25. The first-order valence-corrected chi connectivity index (χ1v) is 13.9. The van der Waals surface area contributed by atoms with Crippen molar-refractivity contribution >= 4 is 18.2 Å². The van der Waals surface area contributed by atoms with E-state index in [1.807, 2.05) is 0 Å². The molecule has 0 heterocycles. The zero-order valence-electron chi connectivity index (χ0n) is 21.9. The van der Waals surface area contributed by atoms with Gasteiger partial charge in [0.1, 0.15) is 18.5 Å². The summed E-state index contributed by atoms with van der Waals surface area (Å²) in [6.45, 7) is 5.82. The minimum atomic E-state index is -0.332. The lowest BCUT2D eigenvalue weighted by atomic mass is 9.98.